The fraction of sp³-hybridized carbons (Fsp3) is 0.938. The first-order chi connectivity index (χ1) is 9.60. The van der Waals surface area contributed by atoms with Crippen molar-refractivity contribution in [1.29, 1.82) is 0 Å². The van der Waals surface area contributed by atoms with Gasteiger partial charge in [-0.05, 0) is 45.3 Å². The zero-order valence-corrected chi connectivity index (χ0v) is 14.4. The molecule has 20 heavy (non-hydrogen) atoms. The molecule has 1 rings (SSSR count). The minimum atomic E-state index is 0.00103. The largest absolute Gasteiger partial charge is 0.466 e. The van der Waals surface area contributed by atoms with Gasteiger partial charge in [-0.2, -0.15) is 11.8 Å². The predicted octanol–water partition coefficient (Wildman–Crippen LogP) is 3.62. The Morgan fingerprint density at radius 2 is 2.00 bits per heavy atom. The molecule has 3 nitrogen and oxygen atoms in total. The summed E-state index contributed by atoms with van der Waals surface area (Å²) in [5.41, 5.74) is 0. The van der Waals surface area contributed by atoms with E-state index in [4.69, 9.17) is 4.74 Å². The SMILES string of the molecule is CCOC(=O)C1CCCC(NCC(CC)(CC)SC)C1. The maximum Gasteiger partial charge on any atom is 0.308 e. The molecule has 0 saturated heterocycles. The van der Waals surface area contributed by atoms with Gasteiger partial charge >= 0.3 is 5.97 Å². The second-order valence-electron chi connectivity index (χ2n) is 5.79. The Hall–Kier alpha value is -0.220. The van der Waals surface area contributed by atoms with Gasteiger partial charge in [0.05, 0.1) is 12.5 Å². The van der Waals surface area contributed by atoms with Crippen LogP contribution < -0.4 is 5.32 Å². The monoisotopic (exact) mass is 301 g/mol. The smallest absolute Gasteiger partial charge is 0.308 e. The molecule has 1 N–H and O–H groups in total. The van der Waals surface area contributed by atoms with Gasteiger partial charge in [-0.15, -0.1) is 0 Å². The highest BCUT2D eigenvalue weighted by atomic mass is 32.2. The first-order valence-electron chi connectivity index (χ1n) is 8.06. The van der Waals surface area contributed by atoms with Gasteiger partial charge in [-0.1, -0.05) is 20.3 Å². The van der Waals surface area contributed by atoms with Crippen LogP contribution in [0.25, 0.3) is 0 Å². The number of carbonyl (C=O) groups is 1. The fourth-order valence-corrected chi connectivity index (χ4v) is 3.85. The summed E-state index contributed by atoms with van der Waals surface area (Å²) in [5, 5.41) is 3.71. The molecule has 0 spiro atoms. The van der Waals surface area contributed by atoms with Crippen molar-refractivity contribution >= 4 is 17.7 Å². The lowest BCUT2D eigenvalue weighted by Crippen LogP contribution is -2.44. The summed E-state index contributed by atoms with van der Waals surface area (Å²) in [5.74, 6) is 0.106. The van der Waals surface area contributed by atoms with Crippen molar-refractivity contribution in [2.45, 2.75) is 70.1 Å². The maximum atomic E-state index is 11.9. The van der Waals surface area contributed by atoms with Crippen molar-refractivity contribution < 1.29 is 9.53 Å². The van der Waals surface area contributed by atoms with Crippen LogP contribution in [0.15, 0.2) is 0 Å². The Morgan fingerprint density at radius 3 is 2.55 bits per heavy atom. The summed E-state index contributed by atoms with van der Waals surface area (Å²) in [4.78, 5) is 11.9. The Labute approximate surface area is 128 Å². The molecule has 1 fully saturated rings. The van der Waals surface area contributed by atoms with E-state index < -0.39 is 0 Å². The number of nitrogens with one attached hydrogen (secondary N) is 1. The van der Waals surface area contributed by atoms with Gasteiger partial charge in [0.15, 0.2) is 0 Å². The molecule has 0 aliphatic heterocycles. The van der Waals surface area contributed by atoms with Crippen molar-refractivity contribution in [3.05, 3.63) is 0 Å². The van der Waals surface area contributed by atoms with E-state index >= 15 is 0 Å². The van der Waals surface area contributed by atoms with Crippen molar-refractivity contribution in [2.24, 2.45) is 5.92 Å². The molecule has 1 aliphatic carbocycles. The molecule has 0 amide bonds. The molecule has 0 radical (unpaired) electrons. The van der Waals surface area contributed by atoms with Gasteiger partial charge in [0.1, 0.15) is 0 Å². The van der Waals surface area contributed by atoms with E-state index in [-0.39, 0.29) is 11.9 Å². The third-order valence-corrected chi connectivity index (χ3v) is 6.32. The Kier molecular flexibility index (Phi) is 7.96. The van der Waals surface area contributed by atoms with Crippen LogP contribution in [0.1, 0.15) is 59.3 Å². The van der Waals surface area contributed by atoms with E-state index in [1.165, 1.54) is 19.3 Å². The first-order valence-corrected chi connectivity index (χ1v) is 9.28. The quantitative estimate of drug-likeness (QED) is 0.695. The summed E-state index contributed by atoms with van der Waals surface area (Å²) >= 11 is 1.97. The molecular weight excluding hydrogens is 270 g/mol. The lowest BCUT2D eigenvalue weighted by atomic mass is 9.85. The molecule has 118 valence electrons. The summed E-state index contributed by atoms with van der Waals surface area (Å²) in [6.07, 6.45) is 8.83. The van der Waals surface area contributed by atoms with Gasteiger partial charge in [0.2, 0.25) is 0 Å². The van der Waals surface area contributed by atoms with Crippen molar-refractivity contribution in [3.63, 3.8) is 0 Å². The van der Waals surface area contributed by atoms with Crippen LogP contribution in [-0.2, 0) is 9.53 Å². The molecule has 0 aromatic rings. The average molecular weight is 301 g/mol. The lowest BCUT2D eigenvalue weighted by molar-refractivity contribution is -0.149. The van der Waals surface area contributed by atoms with Gasteiger partial charge < -0.3 is 10.1 Å². The van der Waals surface area contributed by atoms with E-state index in [9.17, 15) is 4.79 Å². The topological polar surface area (TPSA) is 38.3 Å². The lowest BCUT2D eigenvalue weighted by Gasteiger charge is -2.34. The summed E-state index contributed by atoms with van der Waals surface area (Å²) in [6.45, 7) is 7.95. The van der Waals surface area contributed by atoms with Gasteiger partial charge in [-0.25, -0.2) is 0 Å². The number of rotatable bonds is 8. The van der Waals surface area contributed by atoms with E-state index in [1.807, 2.05) is 18.7 Å². The van der Waals surface area contributed by atoms with Crippen LogP contribution >= 0.6 is 11.8 Å². The van der Waals surface area contributed by atoms with E-state index in [2.05, 4.69) is 25.4 Å². The standard InChI is InChI=1S/C16H31NO2S/c1-5-16(6-2,20-4)12-17-14-10-8-9-13(11-14)15(18)19-7-3/h13-14,17H,5-12H2,1-4H3. The molecule has 0 aromatic heterocycles. The third kappa shape index (κ3) is 4.96. The number of hydrogen-bond acceptors (Lipinski definition) is 4. The zero-order valence-electron chi connectivity index (χ0n) is 13.5. The Bertz CT molecular complexity index is 284. The highest BCUT2D eigenvalue weighted by Gasteiger charge is 2.30. The summed E-state index contributed by atoms with van der Waals surface area (Å²) in [7, 11) is 0. The summed E-state index contributed by atoms with van der Waals surface area (Å²) in [6, 6.07) is 0.475. The number of esters is 1. The molecular formula is C16H31NO2S. The van der Waals surface area contributed by atoms with Gasteiger partial charge in [-0.3, -0.25) is 4.79 Å². The van der Waals surface area contributed by atoms with Crippen molar-refractivity contribution in [2.75, 3.05) is 19.4 Å². The van der Waals surface area contributed by atoms with Crippen LogP contribution in [0.3, 0.4) is 0 Å². The van der Waals surface area contributed by atoms with E-state index in [0.717, 1.165) is 25.8 Å². The predicted molar refractivity (Wildman–Crippen MR) is 87.2 cm³/mol. The molecule has 1 aliphatic rings. The molecule has 2 atom stereocenters. The zero-order chi connectivity index (χ0) is 15.0. The maximum absolute atomic E-state index is 11.9. The van der Waals surface area contributed by atoms with Crippen LogP contribution in [-0.4, -0.2) is 36.2 Å². The van der Waals surface area contributed by atoms with Crippen LogP contribution in [0.4, 0.5) is 0 Å². The second-order valence-corrected chi connectivity index (χ2v) is 7.06. The molecule has 0 heterocycles. The Morgan fingerprint density at radius 1 is 1.30 bits per heavy atom. The van der Waals surface area contributed by atoms with Gasteiger partial charge in [0.25, 0.3) is 0 Å². The number of hydrogen-bond donors (Lipinski definition) is 1. The highest BCUT2D eigenvalue weighted by Crippen LogP contribution is 2.31. The minimum Gasteiger partial charge on any atom is -0.466 e. The number of ether oxygens (including phenoxy) is 1. The molecule has 0 aromatic carbocycles. The molecule has 2 unspecified atom stereocenters. The van der Waals surface area contributed by atoms with Crippen LogP contribution in [0.2, 0.25) is 0 Å². The minimum absolute atomic E-state index is 0.00103. The van der Waals surface area contributed by atoms with Crippen molar-refractivity contribution in [3.8, 4) is 0 Å². The number of thioether (sulfide) groups is 1. The third-order valence-electron chi connectivity index (χ3n) is 4.73. The second kappa shape index (κ2) is 8.93. The highest BCUT2D eigenvalue weighted by molar-refractivity contribution is 8.00. The van der Waals surface area contributed by atoms with E-state index in [0.29, 0.717) is 17.4 Å². The Balaban J connectivity index is 2.46. The van der Waals surface area contributed by atoms with Crippen LogP contribution in [0, 0.1) is 5.92 Å². The van der Waals surface area contributed by atoms with Crippen LogP contribution in [0.5, 0.6) is 0 Å². The molecule has 0 bridgehead atoms. The van der Waals surface area contributed by atoms with Crippen molar-refractivity contribution in [1.82, 2.24) is 5.32 Å². The first kappa shape index (κ1) is 17.8. The molecule has 4 heteroatoms. The van der Waals surface area contributed by atoms with Gasteiger partial charge in [0, 0.05) is 17.3 Å². The number of carbonyl (C=O) groups excluding carboxylic acids is 1. The van der Waals surface area contributed by atoms with E-state index in [1.54, 1.807) is 0 Å². The fourth-order valence-electron chi connectivity index (χ4n) is 3.04. The average Bonchev–Trinajstić information content (AvgIpc) is 2.50. The summed E-state index contributed by atoms with van der Waals surface area (Å²) < 4.78 is 5.51. The normalized spacial score (nSPS) is 23.6. The molecule has 1 saturated carbocycles.